The number of amides is 3. The number of esters is 1. The van der Waals surface area contributed by atoms with Crippen LogP contribution < -0.4 is 14.5 Å². The van der Waals surface area contributed by atoms with Gasteiger partial charge in [0.25, 0.3) is 0 Å². The quantitative estimate of drug-likeness (QED) is 0.272. The van der Waals surface area contributed by atoms with E-state index < -0.39 is 11.9 Å². The van der Waals surface area contributed by atoms with Crippen molar-refractivity contribution in [2.45, 2.75) is 26.2 Å². The van der Waals surface area contributed by atoms with E-state index in [0.29, 0.717) is 23.3 Å². The van der Waals surface area contributed by atoms with Gasteiger partial charge >= 0.3 is 5.97 Å². The zero-order chi connectivity index (χ0) is 25.4. The Labute approximate surface area is 215 Å². The number of carbonyl (C=O) groups excluding carboxylic acids is 4. The summed E-state index contributed by atoms with van der Waals surface area (Å²) in [6, 6.07) is 14.3. The lowest BCUT2D eigenvalue weighted by Crippen LogP contribution is -2.40. The first-order valence-corrected chi connectivity index (χ1v) is 13.2. The second-order valence-corrected chi connectivity index (χ2v) is 11.0. The van der Waals surface area contributed by atoms with E-state index >= 15 is 0 Å². The lowest BCUT2D eigenvalue weighted by molar-refractivity contribution is -0.139. The average Bonchev–Trinajstić information content (AvgIpc) is 3.59. The molecular formula is C30H28N2O5. The van der Waals surface area contributed by atoms with Gasteiger partial charge in [-0.1, -0.05) is 37.3 Å². The molecule has 2 saturated heterocycles. The number of carbonyl (C=O) groups is 4. The maximum atomic E-state index is 13.3. The molecule has 2 aliphatic heterocycles. The molecule has 6 aliphatic rings. The van der Waals surface area contributed by atoms with Gasteiger partial charge in [-0.15, -0.1) is 0 Å². The van der Waals surface area contributed by atoms with Crippen LogP contribution in [0, 0.1) is 41.4 Å². The van der Waals surface area contributed by atoms with Crippen molar-refractivity contribution >= 4 is 35.1 Å². The smallest absolute Gasteiger partial charge is 0.316 e. The van der Waals surface area contributed by atoms with Gasteiger partial charge in [-0.2, -0.15) is 0 Å². The molecule has 4 fully saturated rings. The van der Waals surface area contributed by atoms with Crippen molar-refractivity contribution in [3.63, 3.8) is 0 Å². The molecule has 2 aromatic rings. The molecule has 2 bridgehead atoms. The van der Waals surface area contributed by atoms with Crippen molar-refractivity contribution in [1.82, 2.24) is 0 Å². The molecule has 2 aromatic carbocycles. The lowest BCUT2D eigenvalue weighted by atomic mass is 9.63. The zero-order valence-electron chi connectivity index (χ0n) is 20.6. The van der Waals surface area contributed by atoms with E-state index in [1.54, 1.807) is 29.2 Å². The molecule has 7 nitrogen and oxygen atoms in total. The summed E-state index contributed by atoms with van der Waals surface area (Å²) in [5.41, 5.74) is 2.42. The number of ether oxygens (including phenoxy) is 1. The molecule has 188 valence electrons. The van der Waals surface area contributed by atoms with E-state index in [1.165, 1.54) is 4.90 Å². The number of nitrogens with zero attached hydrogens (tertiary/aromatic N) is 2. The first-order chi connectivity index (χ1) is 18.0. The standard InChI is InChI=1S/C30H28N2O5/c1-2-16-5-3-4-6-24(16)31-15-17(13-25(31)33)30(36)37-19-9-7-18(8-10-19)32-28(34)26-20-11-12-21(23-14-22(20)23)27(26)29(32)35/h3-12,17,20-23,26-27H,2,13-15H2,1H3/t17-,20+,21+,22-,23+,26-,27-/m1/s1. The number of hydrogen-bond donors (Lipinski definition) is 0. The van der Waals surface area contributed by atoms with Crippen LogP contribution >= 0.6 is 0 Å². The van der Waals surface area contributed by atoms with Gasteiger partial charge in [0.15, 0.2) is 0 Å². The predicted octanol–water partition coefficient (Wildman–Crippen LogP) is 3.77. The van der Waals surface area contributed by atoms with E-state index in [0.717, 1.165) is 24.1 Å². The topological polar surface area (TPSA) is 84.0 Å². The van der Waals surface area contributed by atoms with Crippen molar-refractivity contribution in [3.8, 4) is 5.75 Å². The highest BCUT2D eigenvalue weighted by molar-refractivity contribution is 6.22. The van der Waals surface area contributed by atoms with E-state index in [4.69, 9.17) is 4.74 Å². The minimum absolute atomic E-state index is 0.0909. The normalized spacial score (nSPS) is 33.1. The Balaban J connectivity index is 1.04. The summed E-state index contributed by atoms with van der Waals surface area (Å²) in [4.78, 5) is 55.2. The predicted molar refractivity (Wildman–Crippen MR) is 136 cm³/mol. The summed E-state index contributed by atoms with van der Waals surface area (Å²) in [6.45, 7) is 2.32. The van der Waals surface area contributed by atoms with Gasteiger partial charge in [0.2, 0.25) is 17.7 Å². The average molecular weight is 497 g/mol. The maximum Gasteiger partial charge on any atom is 0.316 e. The number of hydrogen-bond acceptors (Lipinski definition) is 5. The Bertz CT molecular complexity index is 1330. The van der Waals surface area contributed by atoms with Gasteiger partial charge < -0.3 is 9.64 Å². The van der Waals surface area contributed by atoms with Gasteiger partial charge in [0.1, 0.15) is 5.75 Å². The van der Waals surface area contributed by atoms with Crippen molar-refractivity contribution < 1.29 is 23.9 Å². The highest BCUT2D eigenvalue weighted by Gasteiger charge is 2.67. The lowest BCUT2D eigenvalue weighted by Gasteiger charge is -2.37. The fourth-order valence-electron chi connectivity index (χ4n) is 7.25. The number of anilines is 2. The molecular weight excluding hydrogens is 468 g/mol. The molecule has 2 saturated carbocycles. The van der Waals surface area contributed by atoms with Crippen molar-refractivity contribution in [2.75, 3.05) is 16.3 Å². The van der Waals surface area contributed by atoms with Crippen molar-refractivity contribution in [1.29, 1.82) is 0 Å². The van der Waals surface area contributed by atoms with Crippen LogP contribution in [0.4, 0.5) is 11.4 Å². The van der Waals surface area contributed by atoms with E-state index in [-0.39, 0.29) is 54.4 Å². The Hall–Kier alpha value is -3.74. The molecule has 0 aromatic heterocycles. The van der Waals surface area contributed by atoms with Crippen LogP contribution in [0.3, 0.4) is 0 Å². The molecule has 3 amide bonds. The molecule has 0 N–H and O–H groups in total. The Morgan fingerprint density at radius 2 is 1.57 bits per heavy atom. The fourth-order valence-corrected chi connectivity index (χ4v) is 7.25. The largest absolute Gasteiger partial charge is 0.426 e. The summed E-state index contributed by atoms with van der Waals surface area (Å²) < 4.78 is 5.60. The maximum absolute atomic E-state index is 13.3. The molecule has 0 radical (unpaired) electrons. The Morgan fingerprint density at radius 1 is 0.919 bits per heavy atom. The molecule has 0 unspecified atom stereocenters. The summed E-state index contributed by atoms with van der Waals surface area (Å²) in [6.07, 6.45) is 6.35. The number of para-hydroxylation sites is 1. The van der Waals surface area contributed by atoms with Crippen LogP contribution in [-0.4, -0.2) is 30.2 Å². The second-order valence-electron chi connectivity index (χ2n) is 11.0. The number of benzene rings is 2. The number of allylic oxidation sites excluding steroid dienone is 2. The van der Waals surface area contributed by atoms with E-state index in [1.807, 2.05) is 31.2 Å². The minimum Gasteiger partial charge on any atom is -0.426 e. The monoisotopic (exact) mass is 496 g/mol. The molecule has 8 rings (SSSR count). The van der Waals surface area contributed by atoms with Crippen LogP contribution in [0.25, 0.3) is 0 Å². The van der Waals surface area contributed by atoms with Crippen molar-refractivity contribution in [2.24, 2.45) is 41.4 Å². The Kier molecular flexibility index (Phi) is 4.94. The van der Waals surface area contributed by atoms with Crippen LogP contribution in [0.15, 0.2) is 60.7 Å². The van der Waals surface area contributed by atoms with Gasteiger partial charge in [0, 0.05) is 18.7 Å². The first kappa shape index (κ1) is 22.5. The molecule has 4 aliphatic carbocycles. The highest BCUT2D eigenvalue weighted by Crippen LogP contribution is 2.65. The third-order valence-corrected chi connectivity index (χ3v) is 9.10. The van der Waals surface area contributed by atoms with Crippen LogP contribution in [0.1, 0.15) is 25.3 Å². The van der Waals surface area contributed by atoms with Gasteiger partial charge in [0.05, 0.1) is 23.4 Å². The fraction of sp³-hybridized carbons (Fsp3) is 0.400. The van der Waals surface area contributed by atoms with Crippen LogP contribution in [-0.2, 0) is 25.6 Å². The number of rotatable bonds is 5. The molecule has 37 heavy (non-hydrogen) atoms. The summed E-state index contributed by atoms with van der Waals surface area (Å²) in [7, 11) is 0. The van der Waals surface area contributed by atoms with Gasteiger partial charge in [-0.25, -0.2) is 0 Å². The molecule has 2 heterocycles. The first-order valence-electron chi connectivity index (χ1n) is 13.2. The Morgan fingerprint density at radius 3 is 2.22 bits per heavy atom. The van der Waals surface area contributed by atoms with Crippen LogP contribution in [0.5, 0.6) is 5.75 Å². The summed E-state index contributed by atoms with van der Waals surface area (Å²) in [5.74, 6) is -0.0156. The van der Waals surface area contributed by atoms with Gasteiger partial charge in [-0.3, -0.25) is 24.1 Å². The zero-order valence-corrected chi connectivity index (χ0v) is 20.6. The van der Waals surface area contributed by atoms with E-state index in [9.17, 15) is 19.2 Å². The number of imide groups is 1. The van der Waals surface area contributed by atoms with Crippen LogP contribution in [0.2, 0.25) is 0 Å². The van der Waals surface area contributed by atoms with E-state index in [2.05, 4.69) is 12.2 Å². The van der Waals surface area contributed by atoms with Crippen molar-refractivity contribution in [3.05, 3.63) is 66.2 Å². The molecule has 7 heteroatoms. The third-order valence-electron chi connectivity index (χ3n) is 9.10. The molecule has 7 atom stereocenters. The number of aryl methyl sites for hydroxylation is 1. The van der Waals surface area contributed by atoms with Gasteiger partial charge in [-0.05, 0) is 72.4 Å². The summed E-state index contributed by atoms with van der Waals surface area (Å²) >= 11 is 0. The SMILES string of the molecule is CCc1ccccc1N1C[C@H](C(=O)Oc2ccc(N3C(=O)[C@@H]4[C@H]5C=C[C@@H]([C@@H]6C[C@H]56)[C@H]4C3=O)cc2)CC1=O. The molecule has 0 spiro atoms. The minimum atomic E-state index is -0.559. The highest BCUT2D eigenvalue weighted by atomic mass is 16.5. The summed E-state index contributed by atoms with van der Waals surface area (Å²) in [5, 5.41) is 0. The second kappa shape index (κ2) is 8.13. The third kappa shape index (κ3) is 3.32.